The molecule has 21 heavy (non-hydrogen) atoms. The van der Waals surface area contributed by atoms with Crippen LogP contribution in [0, 0.1) is 0 Å². The van der Waals surface area contributed by atoms with Gasteiger partial charge >= 0.3 is 0 Å². The van der Waals surface area contributed by atoms with Gasteiger partial charge in [-0.15, -0.1) is 0 Å². The number of hydrogen-bond donors (Lipinski definition) is 2. The molecule has 114 valence electrons. The van der Waals surface area contributed by atoms with Crippen LogP contribution in [0.25, 0.3) is 0 Å². The Bertz CT molecular complexity index is 680. The highest BCUT2D eigenvalue weighted by molar-refractivity contribution is 7.89. The first-order valence-electron chi connectivity index (χ1n) is 6.33. The Labute approximate surface area is 123 Å². The fourth-order valence-electron chi connectivity index (χ4n) is 1.71. The summed E-state index contributed by atoms with van der Waals surface area (Å²) >= 11 is 0. The highest BCUT2D eigenvalue weighted by Crippen LogP contribution is 2.16. The molecule has 2 aromatic rings. The van der Waals surface area contributed by atoms with E-state index in [1.54, 1.807) is 36.1 Å². The van der Waals surface area contributed by atoms with Gasteiger partial charge in [0.25, 0.3) is 0 Å². The normalized spacial score (nSPS) is 11.5. The molecule has 2 N–H and O–H groups in total. The molecule has 7 nitrogen and oxygen atoms in total. The van der Waals surface area contributed by atoms with E-state index in [1.807, 2.05) is 0 Å². The molecule has 0 bridgehead atoms. The van der Waals surface area contributed by atoms with Crippen molar-refractivity contribution in [3.05, 3.63) is 42.2 Å². The summed E-state index contributed by atoms with van der Waals surface area (Å²) in [6, 6.07) is 7.76. The van der Waals surface area contributed by atoms with E-state index in [9.17, 15) is 8.42 Å². The summed E-state index contributed by atoms with van der Waals surface area (Å²) in [7, 11) is -1.84. The van der Waals surface area contributed by atoms with Crippen LogP contribution in [0.1, 0.15) is 5.69 Å². The first-order chi connectivity index (χ1) is 10.0. The largest absolute Gasteiger partial charge is 0.491 e. The summed E-state index contributed by atoms with van der Waals surface area (Å²) in [4.78, 5) is 0.154. The van der Waals surface area contributed by atoms with Crippen molar-refractivity contribution < 1.29 is 18.3 Å². The van der Waals surface area contributed by atoms with Crippen LogP contribution in [-0.2, 0) is 23.6 Å². The van der Waals surface area contributed by atoms with Crippen LogP contribution in [0.15, 0.2) is 41.4 Å². The van der Waals surface area contributed by atoms with Crippen molar-refractivity contribution in [2.75, 3.05) is 13.2 Å². The maximum Gasteiger partial charge on any atom is 0.240 e. The summed E-state index contributed by atoms with van der Waals surface area (Å²) < 4.78 is 33.6. The maximum absolute atomic E-state index is 12.1. The van der Waals surface area contributed by atoms with E-state index in [0.29, 0.717) is 5.75 Å². The number of sulfonamides is 1. The molecule has 0 unspecified atom stereocenters. The molecule has 0 aliphatic rings. The summed E-state index contributed by atoms with van der Waals surface area (Å²) in [5, 5.41) is 12.6. The number of hydrogen-bond acceptors (Lipinski definition) is 5. The zero-order chi connectivity index (χ0) is 15.3. The van der Waals surface area contributed by atoms with Crippen molar-refractivity contribution in [3.63, 3.8) is 0 Å². The summed E-state index contributed by atoms with van der Waals surface area (Å²) in [6.45, 7) is 0.249. The molecular weight excluding hydrogens is 294 g/mol. The second-order valence-corrected chi connectivity index (χ2v) is 6.08. The van der Waals surface area contributed by atoms with Gasteiger partial charge < -0.3 is 9.84 Å². The molecule has 0 aliphatic heterocycles. The van der Waals surface area contributed by atoms with Gasteiger partial charge in [0.2, 0.25) is 10.0 Å². The van der Waals surface area contributed by atoms with Crippen molar-refractivity contribution in [2.24, 2.45) is 7.05 Å². The Morgan fingerprint density at radius 1 is 1.29 bits per heavy atom. The molecule has 0 saturated carbocycles. The summed E-state index contributed by atoms with van der Waals surface area (Å²) in [6.07, 6.45) is 1.61. The van der Waals surface area contributed by atoms with E-state index in [1.165, 1.54) is 12.1 Å². The van der Waals surface area contributed by atoms with Crippen molar-refractivity contribution in [3.8, 4) is 5.75 Å². The van der Waals surface area contributed by atoms with Gasteiger partial charge in [0.15, 0.2) is 0 Å². The molecule has 2 rings (SSSR count). The number of benzene rings is 1. The monoisotopic (exact) mass is 311 g/mol. The lowest BCUT2D eigenvalue weighted by molar-refractivity contribution is 0.201. The first kappa shape index (κ1) is 15.5. The lowest BCUT2D eigenvalue weighted by atomic mass is 10.3. The minimum Gasteiger partial charge on any atom is -0.491 e. The molecule has 0 aliphatic carbocycles. The van der Waals surface area contributed by atoms with Crippen molar-refractivity contribution in [2.45, 2.75) is 11.4 Å². The summed E-state index contributed by atoms with van der Waals surface area (Å²) in [5.74, 6) is 0.509. The third kappa shape index (κ3) is 4.03. The van der Waals surface area contributed by atoms with Crippen LogP contribution >= 0.6 is 0 Å². The van der Waals surface area contributed by atoms with E-state index >= 15 is 0 Å². The lowest BCUT2D eigenvalue weighted by Crippen LogP contribution is -2.24. The topological polar surface area (TPSA) is 93.5 Å². The molecule has 0 spiro atoms. The number of aromatic nitrogens is 2. The van der Waals surface area contributed by atoms with Gasteiger partial charge in [-0.05, 0) is 30.3 Å². The van der Waals surface area contributed by atoms with E-state index in [2.05, 4.69) is 9.82 Å². The van der Waals surface area contributed by atoms with Crippen LogP contribution in [-0.4, -0.2) is 36.5 Å². The third-order valence-corrected chi connectivity index (χ3v) is 4.28. The fourth-order valence-corrected chi connectivity index (χ4v) is 2.70. The zero-order valence-electron chi connectivity index (χ0n) is 11.6. The van der Waals surface area contributed by atoms with Crippen molar-refractivity contribution in [1.82, 2.24) is 14.5 Å². The molecule has 0 saturated heterocycles. The summed E-state index contributed by atoms with van der Waals surface area (Å²) in [5.41, 5.74) is 0.765. The molecule has 1 aromatic heterocycles. The van der Waals surface area contributed by atoms with Crippen LogP contribution < -0.4 is 9.46 Å². The van der Waals surface area contributed by atoms with Gasteiger partial charge in [-0.2, -0.15) is 5.10 Å². The van der Waals surface area contributed by atoms with Gasteiger partial charge in [0.05, 0.1) is 23.7 Å². The average Bonchev–Trinajstić information content (AvgIpc) is 2.89. The predicted molar refractivity (Wildman–Crippen MR) is 76.3 cm³/mol. The molecular formula is C13H17N3O4S. The first-order valence-corrected chi connectivity index (χ1v) is 7.81. The fraction of sp³-hybridized carbons (Fsp3) is 0.308. The van der Waals surface area contributed by atoms with Gasteiger partial charge in [-0.1, -0.05) is 0 Å². The Balaban J connectivity index is 2.03. The van der Waals surface area contributed by atoms with E-state index in [0.717, 1.165) is 5.69 Å². The Hall–Kier alpha value is -1.90. The standard InChI is InChI=1S/C13H17N3O4S/c1-16-11(6-7-14-16)10-15-21(18,19)13-4-2-12(3-5-13)20-9-8-17/h2-7,15,17H,8-10H2,1H3. The number of aliphatic hydroxyl groups excluding tert-OH is 1. The molecule has 0 radical (unpaired) electrons. The molecule has 1 heterocycles. The van der Waals surface area contributed by atoms with Crippen LogP contribution in [0.2, 0.25) is 0 Å². The van der Waals surface area contributed by atoms with Gasteiger partial charge in [-0.3, -0.25) is 4.68 Å². The molecule has 1 aromatic carbocycles. The molecule has 0 atom stereocenters. The quantitative estimate of drug-likeness (QED) is 0.765. The Morgan fingerprint density at radius 3 is 2.57 bits per heavy atom. The number of rotatable bonds is 7. The van der Waals surface area contributed by atoms with Crippen molar-refractivity contribution >= 4 is 10.0 Å². The van der Waals surface area contributed by atoms with E-state index in [4.69, 9.17) is 9.84 Å². The van der Waals surface area contributed by atoms with Crippen LogP contribution in [0.5, 0.6) is 5.75 Å². The third-order valence-electron chi connectivity index (χ3n) is 2.86. The number of nitrogens with zero attached hydrogens (tertiary/aromatic N) is 2. The number of aryl methyl sites for hydroxylation is 1. The number of aliphatic hydroxyl groups is 1. The maximum atomic E-state index is 12.1. The van der Waals surface area contributed by atoms with E-state index < -0.39 is 10.0 Å². The minimum absolute atomic E-state index is 0.0910. The smallest absolute Gasteiger partial charge is 0.240 e. The SMILES string of the molecule is Cn1nccc1CNS(=O)(=O)c1ccc(OCCO)cc1. The molecule has 0 amide bonds. The molecule has 0 fully saturated rings. The van der Waals surface area contributed by atoms with E-state index in [-0.39, 0.29) is 24.7 Å². The second-order valence-electron chi connectivity index (χ2n) is 4.31. The Kier molecular flexibility index (Phi) is 4.94. The zero-order valence-corrected chi connectivity index (χ0v) is 12.4. The average molecular weight is 311 g/mol. The lowest BCUT2D eigenvalue weighted by Gasteiger charge is -2.08. The molecule has 8 heteroatoms. The predicted octanol–water partition coefficient (Wildman–Crippen LogP) is 0.270. The van der Waals surface area contributed by atoms with Crippen molar-refractivity contribution in [1.29, 1.82) is 0 Å². The van der Waals surface area contributed by atoms with Gasteiger partial charge in [0.1, 0.15) is 12.4 Å². The van der Waals surface area contributed by atoms with Crippen LogP contribution in [0.3, 0.4) is 0 Å². The highest BCUT2D eigenvalue weighted by Gasteiger charge is 2.14. The minimum atomic E-state index is -3.59. The van der Waals surface area contributed by atoms with Gasteiger partial charge in [-0.25, -0.2) is 13.1 Å². The Morgan fingerprint density at radius 2 is 2.00 bits per heavy atom. The number of ether oxygens (including phenoxy) is 1. The van der Waals surface area contributed by atoms with Crippen LogP contribution in [0.4, 0.5) is 0 Å². The second kappa shape index (κ2) is 6.70. The highest BCUT2D eigenvalue weighted by atomic mass is 32.2. The number of nitrogens with one attached hydrogen (secondary N) is 1. The van der Waals surface area contributed by atoms with Gasteiger partial charge in [0, 0.05) is 13.2 Å².